The summed E-state index contributed by atoms with van der Waals surface area (Å²) in [5.74, 6) is 1.51. The van der Waals surface area contributed by atoms with Crippen molar-refractivity contribution in [1.29, 1.82) is 0 Å². The second-order valence-electron chi connectivity index (χ2n) is 12.2. The highest BCUT2D eigenvalue weighted by molar-refractivity contribution is 5.68. The summed E-state index contributed by atoms with van der Waals surface area (Å²) in [6.45, 7) is 6.88. The van der Waals surface area contributed by atoms with Gasteiger partial charge < -0.3 is 15.5 Å². The van der Waals surface area contributed by atoms with E-state index >= 15 is 0 Å². The van der Waals surface area contributed by atoms with E-state index in [0.29, 0.717) is 23.8 Å². The fourth-order valence-corrected chi connectivity index (χ4v) is 7.11. The lowest BCUT2D eigenvalue weighted by molar-refractivity contribution is 0.222. The predicted octanol–water partition coefficient (Wildman–Crippen LogP) is 5.68. The number of fused-ring (bicyclic) bond motifs is 4. The smallest absolute Gasteiger partial charge is 0.251 e. The van der Waals surface area contributed by atoms with E-state index in [-0.39, 0.29) is 6.04 Å². The van der Waals surface area contributed by atoms with Crippen LogP contribution in [0.15, 0.2) is 48.5 Å². The summed E-state index contributed by atoms with van der Waals surface area (Å²) in [7, 11) is 0. The molecule has 3 aliphatic rings. The van der Waals surface area contributed by atoms with Crippen LogP contribution in [0.4, 0.5) is 17.6 Å². The van der Waals surface area contributed by atoms with Gasteiger partial charge in [0.05, 0.1) is 5.69 Å². The first-order chi connectivity index (χ1) is 20.0. The molecule has 1 saturated heterocycles. The van der Waals surface area contributed by atoms with E-state index in [2.05, 4.69) is 82.4 Å². The molecule has 0 amide bonds. The van der Waals surface area contributed by atoms with Crippen molar-refractivity contribution in [2.24, 2.45) is 0 Å². The first-order valence-corrected chi connectivity index (χ1v) is 15.4. The van der Waals surface area contributed by atoms with E-state index in [0.717, 1.165) is 43.5 Å². The Bertz CT molecular complexity index is 1550. The fraction of sp³-hybridized carbons (Fsp3) is 0.455. The van der Waals surface area contributed by atoms with Crippen molar-refractivity contribution in [2.75, 3.05) is 23.7 Å². The second kappa shape index (κ2) is 10.9. The van der Waals surface area contributed by atoms with Crippen LogP contribution in [0.25, 0.3) is 17.1 Å². The summed E-state index contributed by atoms with van der Waals surface area (Å²) >= 11 is 0. The summed E-state index contributed by atoms with van der Waals surface area (Å²) in [5, 5.41) is 14.1. The van der Waals surface area contributed by atoms with Crippen LogP contribution in [0, 0.1) is 0 Å². The fourth-order valence-electron chi connectivity index (χ4n) is 7.11. The average molecular weight is 549 g/mol. The quantitative estimate of drug-likeness (QED) is 0.321. The van der Waals surface area contributed by atoms with E-state index in [1.54, 1.807) is 4.68 Å². The standard InChI is InChI=1S/C33H40N8/c1-22(2)40(28-17-13-23-12-15-27(16-14-25(23)20-28)39-18-5-6-19-39)33-35-32(34)41(38-33)30-21-26-10-7-9-24-8-3-4-11-29(24)31(26)37-36-30/h3-4,8,11,13,17,20-22,27H,5-7,9-10,12,14-16,18-19H2,1-2H3,(H2,34,35,38)/t27-/m0/s1. The Kier molecular flexibility index (Phi) is 6.95. The molecule has 1 aliphatic heterocycles. The molecular formula is C33H40N8. The summed E-state index contributed by atoms with van der Waals surface area (Å²) in [6.07, 6.45) is 10.5. The topological polar surface area (TPSA) is 89.0 Å². The van der Waals surface area contributed by atoms with Crippen LogP contribution >= 0.6 is 0 Å². The van der Waals surface area contributed by atoms with Gasteiger partial charge in [-0.1, -0.05) is 30.3 Å². The highest BCUT2D eigenvalue weighted by Gasteiger charge is 2.27. The average Bonchev–Trinajstić information content (AvgIpc) is 3.54. The van der Waals surface area contributed by atoms with Crippen LogP contribution in [-0.4, -0.2) is 55.0 Å². The zero-order valence-electron chi connectivity index (χ0n) is 24.3. The molecule has 1 fully saturated rings. The molecule has 212 valence electrons. The van der Waals surface area contributed by atoms with Crippen molar-refractivity contribution in [3.05, 3.63) is 70.8 Å². The van der Waals surface area contributed by atoms with Crippen molar-refractivity contribution in [1.82, 2.24) is 29.9 Å². The van der Waals surface area contributed by atoms with Gasteiger partial charge in [0.25, 0.3) is 5.95 Å². The van der Waals surface area contributed by atoms with Gasteiger partial charge in [0.1, 0.15) is 0 Å². The number of likely N-dealkylation sites (tertiary alicyclic amines) is 1. The number of benzene rings is 2. The van der Waals surface area contributed by atoms with Crippen LogP contribution in [0.5, 0.6) is 0 Å². The Balaban J connectivity index is 1.18. The maximum Gasteiger partial charge on any atom is 0.251 e. The number of nitrogens with zero attached hydrogens (tertiary/aromatic N) is 7. The first kappa shape index (κ1) is 26.1. The number of aromatic nitrogens is 5. The van der Waals surface area contributed by atoms with Gasteiger partial charge in [-0.15, -0.1) is 15.3 Å². The lowest BCUT2D eigenvalue weighted by Crippen LogP contribution is -2.32. The molecule has 0 radical (unpaired) electrons. The lowest BCUT2D eigenvalue weighted by atomic mass is 10.0. The Labute approximate surface area is 242 Å². The third-order valence-corrected chi connectivity index (χ3v) is 9.21. The third kappa shape index (κ3) is 4.99. The largest absolute Gasteiger partial charge is 0.368 e. The molecule has 0 saturated carbocycles. The molecule has 3 heterocycles. The minimum atomic E-state index is 0.154. The summed E-state index contributed by atoms with van der Waals surface area (Å²) in [6, 6.07) is 18.4. The van der Waals surface area contributed by atoms with Crippen LogP contribution in [0.2, 0.25) is 0 Å². The van der Waals surface area contributed by atoms with Gasteiger partial charge in [-0.3, -0.25) is 0 Å². The Hall–Kier alpha value is -3.78. The highest BCUT2D eigenvalue weighted by atomic mass is 15.5. The zero-order valence-corrected chi connectivity index (χ0v) is 24.3. The maximum atomic E-state index is 6.47. The van der Waals surface area contributed by atoms with Crippen LogP contribution in [-0.2, 0) is 25.7 Å². The van der Waals surface area contributed by atoms with Crippen molar-refractivity contribution >= 4 is 17.6 Å². The predicted molar refractivity (Wildman–Crippen MR) is 164 cm³/mol. The molecule has 0 unspecified atom stereocenters. The molecule has 41 heavy (non-hydrogen) atoms. The van der Waals surface area contributed by atoms with Crippen LogP contribution in [0.1, 0.15) is 68.2 Å². The Morgan fingerprint density at radius 2 is 1.61 bits per heavy atom. The van der Waals surface area contributed by atoms with Crippen LogP contribution < -0.4 is 10.6 Å². The molecule has 7 rings (SSSR count). The normalized spacial score (nSPS) is 18.9. The SMILES string of the molecule is CC(C)N(c1ccc2c(c1)CC[C@@H](N1CCCC1)CC2)c1nc(N)n(-c2cc3c(nn2)-c2ccccc2CCC3)n1. The molecule has 8 nitrogen and oxygen atoms in total. The van der Waals surface area contributed by atoms with Gasteiger partial charge in [-0.05, 0) is 125 Å². The van der Waals surface area contributed by atoms with Crippen molar-refractivity contribution in [2.45, 2.75) is 83.7 Å². The Morgan fingerprint density at radius 3 is 2.44 bits per heavy atom. The number of aryl methyl sites for hydroxylation is 4. The van der Waals surface area contributed by atoms with Gasteiger partial charge in [0.15, 0.2) is 5.82 Å². The molecule has 0 spiro atoms. The summed E-state index contributed by atoms with van der Waals surface area (Å²) in [5.41, 5.74) is 15.2. The van der Waals surface area contributed by atoms with Gasteiger partial charge in [0, 0.05) is 23.3 Å². The number of nitrogen functional groups attached to an aromatic ring is 1. The molecule has 0 bridgehead atoms. The molecular weight excluding hydrogens is 508 g/mol. The first-order valence-electron chi connectivity index (χ1n) is 15.4. The molecule has 4 aromatic rings. The highest BCUT2D eigenvalue weighted by Crippen LogP contribution is 2.34. The molecule has 2 aromatic carbocycles. The van der Waals surface area contributed by atoms with E-state index < -0.39 is 0 Å². The molecule has 2 aromatic heterocycles. The minimum Gasteiger partial charge on any atom is -0.368 e. The number of rotatable bonds is 5. The third-order valence-electron chi connectivity index (χ3n) is 9.21. The minimum absolute atomic E-state index is 0.154. The molecule has 1 atom stereocenters. The number of hydrogen-bond acceptors (Lipinski definition) is 7. The van der Waals surface area contributed by atoms with Crippen molar-refractivity contribution in [3.63, 3.8) is 0 Å². The number of nitrogens with two attached hydrogens (primary N) is 1. The molecule has 2 aliphatic carbocycles. The molecule has 8 heteroatoms. The monoisotopic (exact) mass is 548 g/mol. The van der Waals surface area contributed by atoms with Gasteiger partial charge in [-0.25, -0.2) is 0 Å². The maximum absolute atomic E-state index is 6.47. The number of hydrogen-bond donors (Lipinski definition) is 1. The van der Waals surface area contributed by atoms with E-state index in [9.17, 15) is 0 Å². The molecule has 2 N–H and O–H groups in total. The van der Waals surface area contributed by atoms with Crippen molar-refractivity contribution in [3.8, 4) is 17.1 Å². The lowest BCUT2D eigenvalue weighted by Gasteiger charge is -2.26. The summed E-state index contributed by atoms with van der Waals surface area (Å²) < 4.78 is 1.64. The number of anilines is 3. The Morgan fingerprint density at radius 1 is 0.829 bits per heavy atom. The van der Waals surface area contributed by atoms with Gasteiger partial charge in [-0.2, -0.15) is 9.67 Å². The van der Waals surface area contributed by atoms with Crippen molar-refractivity contribution < 1.29 is 0 Å². The second-order valence-corrected chi connectivity index (χ2v) is 12.2. The van der Waals surface area contributed by atoms with Crippen LogP contribution in [0.3, 0.4) is 0 Å². The van der Waals surface area contributed by atoms with Gasteiger partial charge >= 0.3 is 0 Å². The van der Waals surface area contributed by atoms with E-state index in [1.165, 1.54) is 66.6 Å². The zero-order chi connectivity index (χ0) is 27.9. The van der Waals surface area contributed by atoms with E-state index in [4.69, 9.17) is 15.8 Å². The van der Waals surface area contributed by atoms with Gasteiger partial charge in [0.2, 0.25) is 5.95 Å². The summed E-state index contributed by atoms with van der Waals surface area (Å²) in [4.78, 5) is 9.63. The van der Waals surface area contributed by atoms with E-state index in [1.807, 2.05) is 0 Å².